The number of guanidine groups is 1. The Hall–Kier alpha value is -3.22. The van der Waals surface area contributed by atoms with Gasteiger partial charge in [-0.25, -0.2) is 0 Å². The molecule has 7 heteroatoms. The first kappa shape index (κ1) is 21.1. The number of nitrogens with one attached hydrogen (secondary N) is 3. The zero-order valence-electron chi connectivity index (χ0n) is 16.6. The lowest BCUT2D eigenvalue weighted by Crippen LogP contribution is -2.36. The standard InChI is InChI=1S/C21H28N4O3/c1-4-23-20(26)15-28-18-11-10-17(12-19(18)27-3)14-25-21(22-2)24-13-16-8-6-5-7-9-16/h5-12H,4,13-15H2,1-3H3,(H,23,26)(H2,22,24,25). The highest BCUT2D eigenvalue weighted by Gasteiger charge is 2.09. The summed E-state index contributed by atoms with van der Waals surface area (Å²) in [6.07, 6.45) is 0. The number of carbonyl (C=O) groups excluding carboxylic acids is 1. The van der Waals surface area contributed by atoms with Crippen molar-refractivity contribution in [2.75, 3.05) is 27.3 Å². The van der Waals surface area contributed by atoms with Gasteiger partial charge in [0.1, 0.15) is 0 Å². The smallest absolute Gasteiger partial charge is 0.257 e. The maximum Gasteiger partial charge on any atom is 0.257 e. The van der Waals surface area contributed by atoms with E-state index in [1.165, 1.54) is 5.56 Å². The van der Waals surface area contributed by atoms with Crippen LogP contribution in [0.4, 0.5) is 0 Å². The fraction of sp³-hybridized carbons (Fsp3) is 0.333. The van der Waals surface area contributed by atoms with E-state index in [-0.39, 0.29) is 12.5 Å². The number of hydrogen-bond acceptors (Lipinski definition) is 4. The Labute approximate surface area is 166 Å². The highest BCUT2D eigenvalue weighted by Crippen LogP contribution is 2.28. The highest BCUT2D eigenvalue weighted by atomic mass is 16.5. The Morgan fingerprint density at radius 3 is 2.32 bits per heavy atom. The van der Waals surface area contributed by atoms with Crippen LogP contribution in [0.25, 0.3) is 0 Å². The highest BCUT2D eigenvalue weighted by molar-refractivity contribution is 5.79. The molecule has 7 nitrogen and oxygen atoms in total. The van der Waals surface area contributed by atoms with Crippen LogP contribution in [0.15, 0.2) is 53.5 Å². The van der Waals surface area contributed by atoms with Crippen LogP contribution in [0.1, 0.15) is 18.1 Å². The minimum absolute atomic E-state index is 0.0438. The molecule has 0 aliphatic heterocycles. The van der Waals surface area contributed by atoms with Gasteiger partial charge in [0.2, 0.25) is 0 Å². The molecular formula is C21H28N4O3. The van der Waals surface area contributed by atoms with Gasteiger partial charge in [-0.2, -0.15) is 0 Å². The molecule has 0 spiro atoms. The van der Waals surface area contributed by atoms with Crippen molar-refractivity contribution in [1.82, 2.24) is 16.0 Å². The summed E-state index contributed by atoms with van der Waals surface area (Å²) in [6.45, 7) is 3.65. The Bertz CT molecular complexity index is 778. The molecule has 2 aromatic rings. The van der Waals surface area contributed by atoms with Crippen LogP contribution in [-0.2, 0) is 17.9 Å². The van der Waals surface area contributed by atoms with Crippen molar-refractivity contribution in [1.29, 1.82) is 0 Å². The number of rotatable bonds is 9. The van der Waals surface area contributed by atoms with E-state index in [2.05, 4.69) is 33.1 Å². The third kappa shape index (κ3) is 6.83. The number of nitrogens with zero attached hydrogens (tertiary/aromatic N) is 1. The Morgan fingerprint density at radius 2 is 1.68 bits per heavy atom. The molecule has 0 aromatic heterocycles. The molecule has 0 aliphatic rings. The first-order chi connectivity index (χ1) is 13.7. The number of hydrogen-bond donors (Lipinski definition) is 3. The molecular weight excluding hydrogens is 356 g/mol. The van der Waals surface area contributed by atoms with Gasteiger partial charge in [0.15, 0.2) is 24.1 Å². The molecule has 0 unspecified atom stereocenters. The molecule has 1 amide bonds. The van der Waals surface area contributed by atoms with Crippen LogP contribution in [0, 0.1) is 0 Å². The lowest BCUT2D eigenvalue weighted by molar-refractivity contribution is -0.123. The normalized spacial score (nSPS) is 10.9. The van der Waals surface area contributed by atoms with Crippen molar-refractivity contribution in [3.8, 4) is 11.5 Å². The molecule has 28 heavy (non-hydrogen) atoms. The second-order valence-corrected chi connectivity index (χ2v) is 5.99. The van der Waals surface area contributed by atoms with Crippen LogP contribution in [0.3, 0.4) is 0 Å². The van der Waals surface area contributed by atoms with E-state index in [4.69, 9.17) is 9.47 Å². The summed E-state index contributed by atoms with van der Waals surface area (Å²) in [6, 6.07) is 15.7. The van der Waals surface area contributed by atoms with Gasteiger partial charge in [0.25, 0.3) is 5.91 Å². The number of carbonyl (C=O) groups is 1. The van der Waals surface area contributed by atoms with E-state index in [0.29, 0.717) is 37.1 Å². The Morgan fingerprint density at radius 1 is 0.964 bits per heavy atom. The number of methoxy groups -OCH3 is 1. The van der Waals surface area contributed by atoms with E-state index >= 15 is 0 Å². The average Bonchev–Trinajstić information content (AvgIpc) is 2.73. The predicted molar refractivity (Wildman–Crippen MR) is 111 cm³/mol. The van der Waals surface area contributed by atoms with Gasteiger partial charge in [0.05, 0.1) is 7.11 Å². The molecule has 0 saturated heterocycles. The van der Waals surface area contributed by atoms with Crippen LogP contribution < -0.4 is 25.4 Å². The van der Waals surface area contributed by atoms with Gasteiger partial charge in [-0.15, -0.1) is 0 Å². The molecule has 2 rings (SSSR count). The summed E-state index contributed by atoms with van der Waals surface area (Å²) in [4.78, 5) is 15.8. The van der Waals surface area contributed by atoms with Gasteiger partial charge in [0, 0.05) is 26.7 Å². The average molecular weight is 384 g/mol. The second kappa shape index (κ2) is 11.5. The maximum absolute atomic E-state index is 11.6. The molecule has 0 heterocycles. The molecule has 0 aliphatic carbocycles. The molecule has 3 N–H and O–H groups in total. The van der Waals surface area contributed by atoms with Gasteiger partial charge < -0.3 is 25.4 Å². The molecule has 0 bridgehead atoms. The summed E-state index contributed by atoms with van der Waals surface area (Å²) in [5.74, 6) is 1.66. The molecule has 150 valence electrons. The summed E-state index contributed by atoms with van der Waals surface area (Å²) >= 11 is 0. The minimum Gasteiger partial charge on any atom is -0.493 e. The van der Waals surface area contributed by atoms with Crippen molar-refractivity contribution >= 4 is 11.9 Å². The van der Waals surface area contributed by atoms with Crippen molar-refractivity contribution in [2.45, 2.75) is 20.0 Å². The zero-order valence-corrected chi connectivity index (χ0v) is 16.6. The van der Waals surface area contributed by atoms with Gasteiger partial charge in [-0.3, -0.25) is 9.79 Å². The molecule has 0 saturated carbocycles. The first-order valence-corrected chi connectivity index (χ1v) is 9.21. The van der Waals surface area contributed by atoms with Crippen LogP contribution in [0.5, 0.6) is 11.5 Å². The van der Waals surface area contributed by atoms with E-state index in [9.17, 15) is 4.79 Å². The summed E-state index contributed by atoms with van der Waals surface area (Å²) in [5, 5.41) is 9.24. The predicted octanol–water partition coefficient (Wildman–Crippen LogP) is 2.08. The van der Waals surface area contributed by atoms with Crippen molar-refractivity contribution in [3.63, 3.8) is 0 Å². The van der Waals surface area contributed by atoms with Crippen LogP contribution >= 0.6 is 0 Å². The molecule has 0 fully saturated rings. The third-order valence-electron chi connectivity index (χ3n) is 3.95. The minimum atomic E-state index is -0.163. The third-order valence-corrected chi connectivity index (χ3v) is 3.95. The Balaban J connectivity index is 1.89. The second-order valence-electron chi connectivity index (χ2n) is 5.99. The topological polar surface area (TPSA) is 84.0 Å². The fourth-order valence-electron chi connectivity index (χ4n) is 2.52. The molecule has 2 aromatic carbocycles. The monoisotopic (exact) mass is 384 g/mol. The fourth-order valence-corrected chi connectivity index (χ4v) is 2.52. The zero-order chi connectivity index (χ0) is 20.2. The Kier molecular flexibility index (Phi) is 8.65. The van der Waals surface area contributed by atoms with Gasteiger partial charge in [-0.1, -0.05) is 36.4 Å². The number of aliphatic imine (C=N–C) groups is 1. The SMILES string of the molecule is CCNC(=O)COc1ccc(CNC(=NC)NCc2ccccc2)cc1OC. The first-order valence-electron chi connectivity index (χ1n) is 9.21. The summed E-state index contributed by atoms with van der Waals surface area (Å²) in [5.41, 5.74) is 2.19. The van der Waals surface area contributed by atoms with Crippen LogP contribution in [0.2, 0.25) is 0 Å². The maximum atomic E-state index is 11.6. The van der Waals surface area contributed by atoms with Crippen molar-refractivity contribution in [3.05, 3.63) is 59.7 Å². The van der Waals surface area contributed by atoms with Gasteiger partial charge in [-0.05, 0) is 30.2 Å². The summed E-state index contributed by atoms with van der Waals surface area (Å²) in [7, 11) is 3.31. The van der Waals surface area contributed by atoms with Crippen molar-refractivity contribution < 1.29 is 14.3 Å². The lowest BCUT2D eigenvalue weighted by Gasteiger charge is -2.14. The van der Waals surface area contributed by atoms with E-state index in [1.54, 1.807) is 20.2 Å². The lowest BCUT2D eigenvalue weighted by atomic mass is 10.2. The van der Waals surface area contributed by atoms with E-state index in [1.807, 2.05) is 37.3 Å². The quantitative estimate of drug-likeness (QED) is 0.455. The van der Waals surface area contributed by atoms with Crippen LogP contribution in [-0.4, -0.2) is 39.2 Å². The molecule has 0 atom stereocenters. The largest absolute Gasteiger partial charge is 0.493 e. The number of ether oxygens (including phenoxy) is 2. The van der Waals surface area contributed by atoms with E-state index in [0.717, 1.165) is 5.56 Å². The van der Waals surface area contributed by atoms with Gasteiger partial charge >= 0.3 is 0 Å². The number of amides is 1. The number of likely N-dealkylation sites (N-methyl/N-ethyl adjacent to an activating group) is 1. The summed E-state index contributed by atoms with van der Waals surface area (Å²) < 4.78 is 10.9. The number of benzene rings is 2. The van der Waals surface area contributed by atoms with Crippen molar-refractivity contribution in [2.24, 2.45) is 4.99 Å². The van der Waals surface area contributed by atoms with E-state index < -0.39 is 0 Å². The molecule has 0 radical (unpaired) electrons.